The molecule has 1 heterocycles. The van der Waals surface area contributed by atoms with Gasteiger partial charge in [-0.15, -0.1) is 0 Å². The molecule has 0 aliphatic carbocycles. The lowest BCUT2D eigenvalue weighted by atomic mass is 10.0. The van der Waals surface area contributed by atoms with Crippen LogP contribution in [0.2, 0.25) is 0 Å². The Balaban J connectivity index is 1.46. The van der Waals surface area contributed by atoms with Gasteiger partial charge < -0.3 is 14.2 Å². The van der Waals surface area contributed by atoms with E-state index in [1.807, 2.05) is 72.8 Å². The van der Waals surface area contributed by atoms with Crippen molar-refractivity contribution < 1.29 is 14.2 Å². The number of benzene rings is 3. The fraction of sp³-hybridized carbons (Fsp3) is 0.0870. The summed E-state index contributed by atoms with van der Waals surface area (Å²) in [6, 6.07) is 23.5. The van der Waals surface area contributed by atoms with Gasteiger partial charge in [0.2, 0.25) is 6.79 Å². The fourth-order valence-electron chi connectivity index (χ4n) is 2.82. The highest BCUT2D eigenvalue weighted by Gasteiger charge is 2.14. The minimum Gasteiger partial charge on any atom is -0.489 e. The van der Waals surface area contributed by atoms with Crippen LogP contribution in [-0.2, 0) is 6.61 Å². The molecule has 0 radical (unpaired) electrons. The summed E-state index contributed by atoms with van der Waals surface area (Å²) in [7, 11) is 0. The van der Waals surface area contributed by atoms with E-state index >= 15 is 0 Å². The maximum atomic E-state index is 9.56. The quantitative estimate of drug-likeness (QED) is 0.375. The van der Waals surface area contributed by atoms with Gasteiger partial charge in [0, 0.05) is 4.47 Å². The molecular formula is C23H16BrNO3. The smallest absolute Gasteiger partial charge is 0.231 e. The molecule has 138 valence electrons. The van der Waals surface area contributed by atoms with Crippen LogP contribution in [0.25, 0.3) is 11.6 Å². The zero-order valence-electron chi connectivity index (χ0n) is 14.9. The van der Waals surface area contributed by atoms with Crippen LogP contribution in [0, 0.1) is 11.3 Å². The first-order valence-electron chi connectivity index (χ1n) is 8.70. The summed E-state index contributed by atoms with van der Waals surface area (Å²) < 4.78 is 17.6. The fourth-order valence-corrected chi connectivity index (χ4v) is 3.08. The van der Waals surface area contributed by atoms with Crippen LogP contribution in [0.15, 0.2) is 71.2 Å². The van der Waals surface area contributed by atoms with Crippen LogP contribution in [0.3, 0.4) is 0 Å². The topological polar surface area (TPSA) is 51.5 Å². The van der Waals surface area contributed by atoms with Crippen molar-refractivity contribution in [1.82, 2.24) is 0 Å². The molecule has 3 aromatic carbocycles. The molecule has 1 aliphatic rings. The molecule has 0 fully saturated rings. The molecule has 4 nitrogen and oxygen atoms in total. The summed E-state index contributed by atoms with van der Waals surface area (Å²) >= 11 is 3.42. The lowest BCUT2D eigenvalue weighted by Crippen LogP contribution is -1.94. The van der Waals surface area contributed by atoms with Crippen molar-refractivity contribution in [3.05, 3.63) is 87.9 Å². The Bertz CT molecular complexity index is 1050. The normalized spacial score (nSPS) is 12.5. The molecule has 0 saturated carbocycles. The molecule has 0 N–H and O–H groups in total. The Labute approximate surface area is 171 Å². The van der Waals surface area contributed by atoms with Crippen LogP contribution in [0.5, 0.6) is 17.2 Å². The number of halogens is 1. The maximum absolute atomic E-state index is 9.56. The zero-order valence-corrected chi connectivity index (χ0v) is 16.5. The Hall–Kier alpha value is -3.23. The minimum atomic E-state index is 0.214. The third-order valence-corrected chi connectivity index (χ3v) is 4.84. The molecule has 0 spiro atoms. The lowest BCUT2D eigenvalue weighted by molar-refractivity contribution is 0.174. The van der Waals surface area contributed by atoms with E-state index < -0.39 is 0 Å². The zero-order chi connectivity index (χ0) is 19.3. The summed E-state index contributed by atoms with van der Waals surface area (Å²) in [5.41, 5.74) is 3.37. The van der Waals surface area contributed by atoms with Gasteiger partial charge in [-0.2, -0.15) is 5.26 Å². The number of nitrogens with zero attached hydrogens (tertiary/aromatic N) is 1. The second kappa shape index (κ2) is 8.20. The third kappa shape index (κ3) is 4.19. The second-order valence-corrected chi connectivity index (χ2v) is 7.14. The Morgan fingerprint density at radius 1 is 1.00 bits per heavy atom. The van der Waals surface area contributed by atoms with E-state index in [0.717, 1.165) is 26.9 Å². The van der Waals surface area contributed by atoms with E-state index in [9.17, 15) is 5.26 Å². The van der Waals surface area contributed by atoms with Gasteiger partial charge in [0.25, 0.3) is 0 Å². The highest BCUT2D eigenvalue weighted by molar-refractivity contribution is 9.10. The first-order chi connectivity index (χ1) is 13.7. The van der Waals surface area contributed by atoms with Crippen molar-refractivity contribution in [3.8, 4) is 23.3 Å². The van der Waals surface area contributed by atoms with Gasteiger partial charge in [-0.1, -0.05) is 40.2 Å². The lowest BCUT2D eigenvalue weighted by Gasteiger charge is -2.07. The average molecular weight is 434 g/mol. The molecule has 3 aromatic rings. The summed E-state index contributed by atoms with van der Waals surface area (Å²) in [4.78, 5) is 0. The average Bonchev–Trinajstić information content (AvgIpc) is 3.20. The van der Waals surface area contributed by atoms with E-state index in [2.05, 4.69) is 22.0 Å². The predicted molar refractivity (Wildman–Crippen MR) is 111 cm³/mol. The van der Waals surface area contributed by atoms with Crippen molar-refractivity contribution in [3.63, 3.8) is 0 Å². The molecule has 0 atom stereocenters. The van der Waals surface area contributed by atoms with E-state index in [-0.39, 0.29) is 6.79 Å². The Kier molecular flexibility index (Phi) is 5.31. The van der Waals surface area contributed by atoms with Gasteiger partial charge >= 0.3 is 0 Å². The summed E-state index contributed by atoms with van der Waals surface area (Å²) in [5.74, 6) is 2.14. The summed E-state index contributed by atoms with van der Waals surface area (Å²) in [6.07, 6.45) is 1.84. The van der Waals surface area contributed by atoms with Crippen molar-refractivity contribution >= 4 is 27.6 Å². The molecule has 0 aromatic heterocycles. The monoisotopic (exact) mass is 433 g/mol. The second-order valence-electron chi connectivity index (χ2n) is 6.22. The number of ether oxygens (including phenoxy) is 3. The van der Waals surface area contributed by atoms with Gasteiger partial charge in [-0.3, -0.25) is 0 Å². The molecule has 5 heteroatoms. The Morgan fingerprint density at radius 3 is 2.50 bits per heavy atom. The highest BCUT2D eigenvalue weighted by Crippen LogP contribution is 2.34. The molecule has 1 aliphatic heterocycles. The van der Waals surface area contributed by atoms with E-state index in [4.69, 9.17) is 14.2 Å². The number of allylic oxidation sites excluding steroid dienone is 1. The van der Waals surface area contributed by atoms with Crippen molar-refractivity contribution in [2.45, 2.75) is 6.61 Å². The van der Waals surface area contributed by atoms with Crippen LogP contribution in [-0.4, -0.2) is 6.79 Å². The van der Waals surface area contributed by atoms with Crippen LogP contribution >= 0.6 is 15.9 Å². The molecule has 0 amide bonds. The Morgan fingerprint density at radius 2 is 1.75 bits per heavy atom. The number of hydrogen-bond donors (Lipinski definition) is 0. The molecule has 28 heavy (non-hydrogen) atoms. The number of hydrogen-bond acceptors (Lipinski definition) is 4. The predicted octanol–water partition coefficient (Wildman–Crippen LogP) is 5.82. The van der Waals surface area contributed by atoms with E-state index in [0.29, 0.717) is 23.7 Å². The van der Waals surface area contributed by atoms with Gasteiger partial charge in [0.1, 0.15) is 12.4 Å². The van der Waals surface area contributed by atoms with Gasteiger partial charge in [-0.25, -0.2) is 0 Å². The molecule has 0 saturated heterocycles. The van der Waals surface area contributed by atoms with Crippen LogP contribution in [0.1, 0.15) is 16.7 Å². The molecule has 0 bridgehead atoms. The summed E-state index contributed by atoms with van der Waals surface area (Å²) in [5, 5.41) is 9.56. The standard InChI is InChI=1S/C23H16BrNO3/c24-20-6-1-17(2-7-20)14-26-21-8-3-16(4-9-21)11-19(13-25)18-5-10-22-23(12-18)28-15-27-22/h1-12H,14-15H2/b19-11-. The number of fused-ring (bicyclic) bond motifs is 1. The summed E-state index contributed by atoms with van der Waals surface area (Å²) in [6.45, 7) is 0.717. The SMILES string of the molecule is N#C/C(=C/c1ccc(OCc2ccc(Br)cc2)cc1)c1ccc2c(c1)OCO2. The van der Waals surface area contributed by atoms with Crippen LogP contribution < -0.4 is 14.2 Å². The van der Waals surface area contributed by atoms with Crippen molar-refractivity contribution in [2.75, 3.05) is 6.79 Å². The highest BCUT2D eigenvalue weighted by atomic mass is 79.9. The molecule has 4 rings (SSSR count). The number of rotatable bonds is 5. The van der Waals surface area contributed by atoms with Gasteiger partial charge in [0.05, 0.1) is 11.6 Å². The minimum absolute atomic E-state index is 0.214. The van der Waals surface area contributed by atoms with Gasteiger partial charge in [0.15, 0.2) is 11.5 Å². The van der Waals surface area contributed by atoms with E-state index in [1.54, 1.807) is 0 Å². The van der Waals surface area contributed by atoms with Gasteiger partial charge in [-0.05, 0) is 65.2 Å². The maximum Gasteiger partial charge on any atom is 0.231 e. The van der Waals surface area contributed by atoms with E-state index in [1.165, 1.54) is 0 Å². The third-order valence-electron chi connectivity index (χ3n) is 4.31. The van der Waals surface area contributed by atoms with Crippen molar-refractivity contribution in [1.29, 1.82) is 5.26 Å². The van der Waals surface area contributed by atoms with Crippen molar-refractivity contribution in [2.24, 2.45) is 0 Å². The molecule has 0 unspecified atom stereocenters. The number of nitriles is 1. The largest absolute Gasteiger partial charge is 0.489 e. The first-order valence-corrected chi connectivity index (χ1v) is 9.50. The molecular weight excluding hydrogens is 418 g/mol. The van der Waals surface area contributed by atoms with Crippen LogP contribution in [0.4, 0.5) is 0 Å². The first kappa shape index (κ1) is 18.1.